The van der Waals surface area contributed by atoms with Crippen LogP contribution in [-0.2, 0) is 23.8 Å². The van der Waals surface area contributed by atoms with E-state index in [1.165, 1.54) is 7.11 Å². The highest BCUT2D eigenvalue weighted by atomic mass is 16.7. The second-order valence-corrected chi connectivity index (χ2v) is 4.07. The van der Waals surface area contributed by atoms with Gasteiger partial charge in [0.1, 0.15) is 31.0 Å². The van der Waals surface area contributed by atoms with E-state index < -0.39 is 36.5 Å². The Balaban J connectivity index is 2.49. The first-order chi connectivity index (χ1) is 8.51. The number of aliphatic hydroxyl groups excluding tert-OH is 2. The summed E-state index contributed by atoms with van der Waals surface area (Å²) in [6.07, 6.45) is -3.98. The number of methoxy groups -OCH3 is 1. The molecule has 1 fully saturated rings. The van der Waals surface area contributed by atoms with Crippen LogP contribution in [-0.4, -0.2) is 67.0 Å². The highest BCUT2D eigenvalue weighted by Crippen LogP contribution is 2.23. The summed E-state index contributed by atoms with van der Waals surface area (Å²) in [7, 11) is 1.39. The summed E-state index contributed by atoms with van der Waals surface area (Å²) in [5.74, 6) is 3.93. The molecule has 1 saturated heterocycles. The Kier molecular flexibility index (Phi) is 5.93. The molecule has 5 unspecified atom stereocenters. The summed E-state index contributed by atoms with van der Waals surface area (Å²) < 4.78 is 15.5. The van der Waals surface area contributed by atoms with Crippen molar-refractivity contribution in [3.8, 4) is 0 Å². The van der Waals surface area contributed by atoms with Crippen molar-refractivity contribution in [2.75, 3.05) is 20.3 Å². The normalized spacial score (nSPS) is 36.4. The van der Waals surface area contributed by atoms with Gasteiger partial charge >= 0.3 is 5.97 Å². The van der Waals surface area contributed by atoms with Gasteiger partial charge in [-0.15, -0.1) is 0 Å². The molecule has 1 rings (SSSR count). The molecule has 0 bridgehead atoms. The lowest BCUT2D eigenvalue weighted by molar-refractivity contribution is -0.234. The highest BCUT2D eigenvalue weighted by Gasteiger charge is 2.42. The molecule has 0 spiro atoms. The van der Waals surface area contributed by atoms with Gasteiger partial charge in [-0.1, -0.05) is 0 Å². The number of carbonyl (C=O) groups excluding carboxylic acids is 1. The fourth-order valence-corrected chi connectivity index (χ4v) is 1.84. The topological polar surface area (TPSA) is 120 Å². The standard InChI is InChI=1S/C10H19NO7/c1-5-8(13)9(14)10(15-2)6(17-5)3-16-4-7(12)18-11/h5-6,8-10,13-14H,3-4,11H2,1-2H3. The van der Waals surface area contributed by atoms with E-state index in [0.717, 1.165) is 0 Å². The van der Waals surface area contributed by atoms with E-state index in [1.807, 2.05) is 0 Å². The molecule has 0 amide bonds. The first-order valence-corrected chi connectivity index (χ1v) is 5.53. The van der Waals surface area contributed by atoms with Crippen molar-refractivity contribution >= 4 is 5.97 Å². The third-order valence-corrected chi connectivity index (χ3v) is 2.83. The fourth-order valence-electron chi connectivity index (χ4n) is 1.84. The average Bonchev–Trinajstić information content (AvgIpc) is 2.36. The lowest BCUT2D eigenvalue weighted by atomic mass is 9.96. The zero-order valence-corrected chi connectivity index (χ0v) is 10.3. The van der Waals surface area contributed by atoms with Crippen LogP contribution < -0.4 is 5.90 Å². The molecule has 4 N–H and O–H groups in total. The predicted molar refractivity (Wildman–Crippen MR) is 58.2 cm³/mol. The molecule has 8 heteroatoms. The maximum atomic E-state index is 10.8. The Morgan fingerprint density at radius 1 is 1.39 bits per heavy atom. The number of rotatable bonds is 5. The molecule has 0 aromatic carbocycles. The zero-order chi connectivity index (χ0) is 13.7. The predicted octanol–water partition coefficient (Wildman–Crippen LogP) is -2.06. The van der Waals surface area contributed by atoms with E-state index in [-0.39, 0.29) is 13.2 Å². The number of hydrogen-bond donors (Lipinski definition) is 3. The monoisotopic (exact) mass is 265 g/mol. The quantitative estimate of drug-likeness (QED) is 0.485. The minimum atomic E-state index is -1.08. The van der Waals surface area contributed by atoms with E-state index in [4.69, 9.17) is 14.2 Å². The Hall–Kier alpha value is -0.770. The zero-order valence-electron chi connectivity index (χ0n) is 10.3. The molecular weight excluding hydrogens is 246 g/mol. The third kappa shape index (κ3) is 3.61. The number of nitrogens with two attached hydrogens (primary N) is 1. The van der Waals surface area contributed by atoms with E-state index >= 15 is 0 Å². The molecule has 18 heavy (non-hydrogen) atoms. The van der Waals surface area contributed by atoms with Crippen LogP contribution in [0.25, 0.3) is 0 Å². The molecule has 106 valence electrons. The lowest BCUT2D eigenvalue weighted by Gasteiger charge is -2.40. The molecular formula is C10H19NO7. The van der Waals surface area contributed by atoms with Gasteiger partial charge in [0.25, 0.3) is 0 Å². The lowest BCUT2D eigenvalue weighted by Crippen LogP contribution is -2.58. The van der Waals surface area contributed by atoms with E-state index in [1.54, 1.807) is 6.92 Å². The van der Waals surface area contributed by atoms with Crippen LogP contribution in [0, 0.1) is 0 Å². The van der Waals surface area contributed by atoms with Gasteiger partial charge in [-0.25, -0.2) is 4.79 Å². The Morgan fingerprint density at radius 3 is 2.61 bits per heavy atom. The molecule has 1 heterocycles. The first-order valence-electron chi connectivity index (χ1n) is 5.53. The van der Waals surface area contributed by atoms with Gasteiger partial charge in [-0.3, -0.25) is 0 Å². The van der Waals surface area contributed by atoms with Crippen molar-refractivity contribution in [3.05, 3.63) is 0 Å². The molecule has 8 nitrogen and oxygen atoms in total. The second-order valence-electron chi connectivity index (χ2n) is 4.07. The summed E-state index contributed by atoms with van der Waals surface area (Å²) in [5.41, 5.74) is 0. The molecule has 0 aromatic rings. The smallest absolute Gasteiger partial charge is 0.350 e. The fraction of sp³-hybridized carbons (Fsp3) is 0.900. The molecule has 0 aromatic heterocycles. The van der Waals surface area contributed by atoms with Gasteiger partial charge in [0.2, 0.25) is 0 Å². The van der Waals surface area contributed by atoms with Crippen molar-refractivity contribution in [3.63, 3.8) is 0 Å². The molecule has 0 saturated carbocycles. The molecule has 5 atom stereocenters. The summed E-state index contributed by atoms with van der Waals surface area (Å²) >= 11 is 0. The maximum absolute atomic E-state index is 10.8. The van der Waals surface area contributed by atoms with Crippen LogP contribution in [0.5, 0.6) is 0 Å². The second kappa shape index (κ2) is 6.98. The van der Waals surface area contributed by atoms with Gasteiger partial charge in [0, 0.05) is 7.11 Å². The number of aliphatic hydroxyl groups is 2. The van der Waals surface area contributed by atoms with Gasteiger partial charge in [-0.05, 0) is 6.92 Å². The van der Waals surface area contributed by atoms with E-state index in [0.29, 0.717) is 0 Å². The van der Waals surface area contributed by atoms with Crippen LogP contribution in [0.15, 0.2) is 0 Å². The van der Waals surface area contributed by atoms with Gasteiger partial charge in [0.05, 0.1) is 12.7 Å². The van der Waals surface area contributed by atoms with E-state index in [2.05, 4.69) is 10.7 Å². The van der Waals surface area contributed by atoms with Gasteiger partial charge < -0.3 is 29.3 Å². The van der Waals surface area contributed by atoms with Crippen LogP contribution in [0.1, 0.15) is 6.92 Å². The van der Waals surface area contributed by atoms with Crippen molar-refractivity contribution in [2.24, 2.45) is 5.90 Å². The van der Waals surface area contributed by atoms with E-state index in [9.17, 15) is 15.0 Å². The molecule has 1 aliphatic heterocycles. The Morgan fingerprint density at radius 2 is 2.06 bits per heavy atom. The van der Waals surface area contributed by atoms with Crippen LogP contribution in [0.4, 0.5) is 0 Å². The minimum Gasteiger partial charge on any atom is -0.388 e. The van der Waals surface area contributed by atoms with Crippen molar-refractivity contribution in [1.29, 1.82) is 0 Å². The average molecular weight is 265 g/mol. The summed E-state index contributed by atoms with van der Waals surface area (Å²) in [6, 6.07) is 0. The summed E-state index contributed by atoms with van der Waals surface area (Å²) in [5, 5.41) is 19.4. The van der Waals surface area contributed by atoms with Crippen LogP contribution in [0.2, 0.25) is 0 Å². The minimum absolute atomic E-state index is 0.0156. The first kappa shape index (κ1) is 15.3. The number of hydrogen-bond acceptors (Lipinski definition) is 8. The molecule has 0 aliphatic carbocycles. The van der Waals surface area contributed by atoms with Crippen molar-refractivity contribution < 1.29 is 34.1 Å². The van der Waals surface area contributed by atoms with Crippen molar-refractivity contribution in [1.82, 2.24) is 0 Å². The van der Waals surface area contributed by atoms with Crippen LogP contribution in [0.3, 0.4) is 0 Å². The Labute approximate surface area is 105 Å². The summed E-state index contributed by atoms with van der Waals surface area (Å²) in [6.45, 7) is 1.32. The molecule has 1 aliphatic rings. The largest absolute Gasteiger partial charge is 0.388 e. The van der Waals surface area contributed by atoms with Gasteiger partial charge in [0.15, 0.2) is 0 Å². The summed E-state index contributed by atoms with van der Waals surface area (Å²) in [4.78, 5) is 14.7. The SMILES string of the molecule is COC1C(COCC(=O)ON)OC(C)C(O)C1O. The third-order valence-electron chi connectivity index (χ3n) is 2.83. The molecule has 0 radical (unpaired) electrons. The van der Waals surface area contributed by atoms with Crippen molar-refractivity contribution in [2.45, 2.75) is 37.4 Å². The number of carbonyl (C=O) groups is 1. The number of ether oxygens (including phenoxy) is 3. The maximum Gasteiger partial charge on any atom is 0.350 e. The Bertz CT molecular complexity index is 275. The van der Waals surface area contributed by atoms with Gasteiger partial charge in [-0.2, -0.15) is 5.90 Å². The van der Waals surface area contributed by atoms with Crippen LogP contribution >= 0.6 is 0 Å². The highest BCUT2D eigenvalue weighted by molar-refractivity contribution is 5.70.